The number of benzene rings is 1. The molecule has 0 amide bonds. The van der Waals surface area contributed by atoms with Gasteiger partial charge in [0.05, 0.1) is 6.10 Å². The SMILES string of the molecule is CCN(C)S(=O)(=O)NCC(O)c1ccc(F)cc1. The third-order valence-corrected chi connectivity index (χ3v) is 4.18. The maximum absolute atomic E-state index is 12.7. The average Bonchev–Trinajstić information content (AvgIpc) is 2.35. The standard InChI is InChI=1S/C11H17FN2O3S/c1-3-14(2)18(16,17)13-8-11(15)9-4-6-10(12)7-5-9/h4-7,11,13,15H,3,8H2,1-2H3. The minimum absolute atomic E-state index is 0.154. The lowest BCUT2D eigenvalue weighted by molar-refractivity contribution is 0.181. The predicted octanol–water partition coefficient (Wildman–Crippen LogP) is 0.645. The van der Waals surface area contributed by atoms with Crippen LogP contribution in [0.3, 0.4) is 0 Å². The molecule has 0 bridgehead atoms. The van der Waals surface area contributed by atoms with E-state index >= 15 is 0 Å². The maximum atomic E-state index is 12.7. The smallest absolute Gasteiger partial charge is 0.279 e. The van der Waals surface area contributed by atoms with E-state index in [-0.39, 0.29) is 6.54 Å². The van der Waals surface area contributed by atoms with Crippen molar-refractivity contribution in [1.82, 2.24) is 9.03 Å². The van der Waals surface area contributed by atoms with E-state index in [0.29, 0.717) is 12.1 Å². The van der Waals surface area contributed by atoms with Gasteiger partial charge in [-0.2, -0.15) is 17.4 Å². The normalized spacial score (nSPS) is 13.8. The molecule has 1 rings (SSSR count). The highest BCUT2D eigenvalue weighted by Gasteiger charge is 2.17. The Hall–Kier alpha value is -1.02. The highest BCUT2D eigenvalue weighted by molar-refractivity contribution is 7.87. The van der Waals surface area contributed by atoms with Crippen molar-refractivity contribution in [2.45, 2.75) is 13.0 Å². The van der Waals surface area contributed by atoms with E-state index in [2.05, 4.69) is 4.72 Å². The Kier molecular flexibility index (Phi) is 5.21. The van der Waals surface area contributed by atoms with Crippen LogP contribution in [0.4, 0.5) is 4.39 Å². The Labute approximate surface area is 106 Å². The van der Waals surface area contributed by atoms with Crippen molar-refractivity contribution in [2.75, 3.05) is 20.1 Å². The van der Waals surface area contributed by atoms with Crippen LogP contribution in [0.15, 0.2) is 24.3 Å². The number of nitrogens with zero attached hydrogens (tertiary/aromatic N) is 1. The molecule has 0 aliphatic heterocycles. The first-order valence-corrected chi connectivity index (χ1v) is 6.95. The summed E-state index contributed by atoms with van der Waals surface area (Å²) in [5.41, 5.74) is 0.457. The number of aliphatic hydroxyl groups is 1. The zero-order valence-electron chi connectivity index (χ0n) is 10.3. The molecule has 0 spiro atoms. The van der Waals surface area contributed by atoms with E-state index in [4.69, 9.17) is 0 Å². The van der Waals surface area contributed by atoms with Gasteiger partial charge in [-0.25, -0.2) is 4.39 Å². The summed E-state index contributed by atoms with van der Waals surface area (Å²) < 4.78 is 39.3. The van der Waals surface area contributed by atoms with Crippen LogP contribution in [-0.2, 0) is 10.2 Å². The molecule has 0 heterocycles. The van der Waals surface area contributed by atoms with Crippen molar-refractivity contribution in [1.29, 1.82) is 0 Å². The van der Waals surface area contributed by atoms with Gasteiger partial charge in [0.1, 0.15) is 5.82 Å². The number of aliphatic hydroxyl groups excluding tert-OH is 1. The molecule has 0 saturated carbocycles. The summed E-state index contributed by atoms with van der Waals surface area (Å²) in [5, 5.41) is 9.76. The molecule has 5 nitrogen and oxygen atoms in total. The molecule has 1 aromatic carbocycles. The summed E-state index contributed by atoms with van der Waals surface area (Å²) in [6.07, 6.45) is -1.01. The maximum Gasteiger partial charge on any atom is 0.279 e. The molecule has 1 unspecified atom stereocenters. The van der Waals surface area contributed by atoms with Gasteiger partial charge in [0.25, 0.3) is 10.2 Å². The second-order valence-corrected chi connectivity index (χ2v) is 5.70. The first kappa shape index (κ1) is 15.0. The van der Waals surface area contributed by atoms with Gasteiger partial charge in [0, 0.05) is 20.1 Å². The van der Waals surface area contributed by atoms with Gasteiger partial charge in [-0.15, -0.1) is 0 Å². The van der Waals surface area contributed by atoms with E-state index < -0.39 is 22.1 Å². The second kappa shape index (κ2) is 6.24. The number of nitrogens with one attached hydrogen (secondary N) is 1. The third kappa shape index (κ3) is 4.02. The summed E-state index contributed by atoms with van der Waals surface area (Å²) >= 11 is 0. The minimum atomic E-state index is -3.57. The molecule has 0 aromatic heterocycles. The fourth-order valence-electron chi connectivity index (χ4n) is 1.27. The van der Waals surface area contributed by atoms with E-state index in [0.717, 1.165) is 4.31 Å². The minimum Gasteiger partial charge on any atom is -0.387 e. The summed E-state index contributed by atoms with van der Waals surface area (Å²) in [6.45, 7) is 1.88. The first-order valence-electron chi connectivity index (χ1n) is 5.51. The van der Waals surface area contributed by atoms with E-state index in [1.807, 2.05) is 0 Å². The van der Waals surface area contributed by atoms with Gasteiger partial charge >= 0.3 is 0 Å². The molecule has 1 aromatic rings. The van der Waals surface area contributed by atoms with Gasteiger partial charge in [-0.05, 0) is 17.7 Å². The van der Waals surface area contributed by atoms with Crippen LogP contribution >= 0.6 is 0 Å². The summed E-state index contributed by atoms with van der Waals surface area (Å²) in [7, 11) is -2.14. The van der Waals surface area contributed by atoms with Crippen LogP contribution in [0.5, 0.6) is 0 Å². The summed E-state index contributed by atoms with van der Waals surface area (Å²) in [5.74, 6) is -0.405. The van der Waals surface area contributed by atoms with Crippen molar-refractivity contribution < 1.29 is 17.9 Å². The number of rotatable bonds is 6. The molecule has 0 radical (unpaired) electrons. The van der Waals surface area contributed by atoms with Gasteiger partial charge in [-0.1, -0.05) is 19.1 Å². The van der Waals surface area contributed by atoms with Gasteiger partial charge < -0.3 is 5.11 Å². The molecule has 2 N–H and O–H groups in total. The van der Waals surface area contributed by atoms with Gasteiger partial charge in [-0.3, -0.25) is 0 Å². The fraction of sp³-hybridized carbons (Fsp3) is 0.455. The van der Waals surface area contributed by atoms with Gasteiger partial charge in [0.15, 0.2) is 0 Å². The zero-order valence-corrected chi connectivity index (χ0v) is 11.1. The van der Waals surface area contributed by atoms with Crippen molar-refractivity contribution >= 4 is 10.2 Å². The Bertz CT molecular complexity index is 476. The molecule has 0 saturated heterocycles. The Morgan fingerprint density at radius 1 is 1.39 bits per heavy atom. The quantitative estimate of drug-likeness (QED) is 0.801. The lowest BCUT2D eigenvalue weighted by Crippen LogP contribution is -2.39. The van der Waals surface area contributed by atoms with E-state index in [1.54, 1.807) is 6.92 Å². The Balaban J connectivity index is 2.61. The predicted molar refractivity (Wildman–Crippen MR) is 66.6 cm³/mol. The highest BCUT2D eigenvalue weighted by atomic mass is 32.2. The van der Waals surface area contributed by atoms with Crippen molar-refractivity contribution in [3.8, 4) is 0 Å². The fourth-order valence-corrected chi connectivity index (χ4v) is 2.20. The van der Waals surface area contributed by atoms with Crippen molar-refractivity contribution in [3.63, 3.8) is 0 Å². The third-order valence-electron chi connectivity index (χ3n) is 2.57. The zero-order chi connectivity index (χ0) is 13.8. The molecule has 0 aliphatic rings. The Morgan fingerprint density at radius 2 is 1.94 bits per heavy atom. The number of hydrogen-bond acceptors (Lipinski definition) is 3. The topological polar surface area (TPSA) is 69.6 Å². The lowest BCUT2D eigenvalue weighted by Gasteiger charge is -2.17. The summed E-state index contributed by atoms with van der Waals surface area (Å²) in [4.78, 5) is 0. The second-order valence-electron chi connectivity index (χ2n) is 3.84. The lowest BCUT2D eigenvalue weighted by atomic mass is 10.1. The molecule has 18 heavy (non-hydrogen) atoms. The van der Waals surface area contributed by atoms with Crippen LogP contribution < -0.4 is 4.72 Å². The number of hydrogen-bond donors (Lipinski definition) is 2. The highest BCUT2D eigenvalue weighted by Crippen LogP contribution is 2.12. The Morgan fingerprint density at radius 3 is 2.44 bits per heavy atom. The number of halogens is 1. The van der Waals surface area contributed by atoms with Crippen molar-refractivity contribution in [3.05, 3.63) is 35.6 Å². The molecule has 1 atom stereocenters. The molecule has 7 heteroatoms. The monoisotopic (exact) mass is 276 g/mol. The molecular weight excluding hydrogens is 259 g/mol. The van der Waals surface area contributed by atoms with Crippen LogP contribution in [0.1, 0.15) is 18.6 Å². The summed E-state index contributed by atoms with van der Waals surface area (Å²) in [6, 6.07) is 5.26. The molecular formula is C11H17FN2O3S. The van der Waals surface area contributed by atoms with Crippen LogP contribution in [-0.4, -0.2) is 38.0 Å². The largest absolute Gasteiger partial charge is 0.387 e. The molecule has 102 valence electrons. The van der Waals surface area contributed by atoms with Crippen LogP contribution in [0.25, 0.3) is 0 Å². The van der Waals surface area contributed by atoms with E-state index in [9.17, 15) is 17.9 Å². The van der Waals surface area contributed by atoms with Crippen LogP contribution in [0.2, 0.25) is 0 Å². The van der Waals surface area contributed by atoms with E-state index in [1.165, 1.54) is 31.3 Å². The average molecular weight is 276 g/mol. The van der Waals surface area contributed by atoms with Gasteiger partial charge in [0.2, 0.25) is 0 Å². The molecule has 0 fully saturated rings. The van der Waals surface area contributed by atoms with Crippen molar-refractivity contribution in [2.24, 2.45) is 0 Å². The van der Waals surface area contributed by atoms with Crippen LogP contribution in [0, 0.1) is 5.82 Å². The molecule has 0 aliphatic carbocycles. The first-order chi connectivity index (χ1) is 8.36.